The van der Waals surface area contributed by atoms with Crippen LogP contribution in [0.2, 0.25) is 0 Å². The van der Waals surface area contributed by atoms with E-state index in [4.69, 9.17) is 0 Å². The number of piperidine rings is 1. The molecule has 0 aliphatic carbocycles. The smallest absolute Gasteiger partial charge is 0.293 e. The monoisotopic (exact) mass is 264 g/mol. The SMILES string of the molecule is CC1CCCCN1CCCNc1nccn(C)c1=O. The minimum atomic E-state index is -0.0613. The van der Waals surface area contributed by atoms with E-state index >= 15 is 0 Å². The second-order valence-electron chi connectivity index (χ2n) is 5.35. The standard InChI is InChI=1S/C14H24N4O/c1-12-6-3-4-9-18(12)10-5-7-15-13-14(19)17(2)11-8-16-13/h8,11-12H,3-7,9-10H2,1-2H3,(H,15,16). The Balaban J connectivity index is 1.74. The molecule has 1 aromatic heterocycles. The molecule has 1 N–H and O–H groups in total. The number of aryl methyl sites for hydroxylation is 1. The van der Waals surface area contributed by atoms with Crippen LogP contribution < -0.4 is 10.9 Å². The number of rotatable bonds is 5. The molecule has 1 aliphatic rings. The van der Waals surface area contributed by atoms with Crippen molar-refractivity contribution in [3.63, 3.8) is 0 Å². The maximum Gasteiger partial charge on any atom is 0.293 e. The highest BCUT2D eigenvalue weighted by atomic mass is 16.1. The van der Waals surface area contributed by atoms with Gasteiger partial charge in [-0.3, -0.25) is 4.79 Å². The summed E-state index contributed by atoms with van der Waals surface area (Å²) in [6.07, 6.45) is 8.36. The molecule has 5 heteroatoms. The van der Waals surface area contributed by atoms with Gasteiger partial charge < -0.3 is 14.8 Å². The lowest BCUT2D eigenvalue weighted by molar-refractivity contribution is 0.160. The van der Waals surface area contributed by atoms with Gasteiger partial charge in [-0.15, -0.1) is 0 Å². The third kappa shape index (κ3) is 3.80. The van der Waals surface area contributed by atoms with E-state index in [1.807, 2.05) is 0 Å². The van der Waals surface area contributed by atoms with Crippen LogP contribution in [0.25, 0.3) is 0 Å². The number of anilines is 1. The second kappa shape index (κ2) is 6.70. The number of nitrogens with one attached hydrogen (secondary N) is 1. The molecule has 1 saturated heterocycles. The number of hydrogen-bond acceptors (Lipinski definition) is 4. The zero-order valence-corrected chi connectivity index (χ0v) is 11.9. The van der Waals surface area contributed by atoms with Crippen molar-refractivity contribution in [2.45, 2.75) is 38.6 Å². The lowest BCUT2D eigenvalue weighted by Gasteiger charge is -2.33. The quantitative estimate of drug-likeness (QED) is 0.818. The lowest BCUT2D eigenvalue weighted by Crippen LogP contribution is -2.38. The summed E-state index contributed by atoms with van der Waals surface area (Å²) in [6.45, 7) is 5.42. The molecule has 1 fully saturated rings. The molecule has 0 radical (unpaired) electrons. The summed E-state index contributed by atoms with van der Waals surface area (Å²) in [6, 6.07) is 0.705. The van der Waals surface area contributed by atoms with Crippen LogP contribution in [0.1, 0.15) is 32.6 Å². The number of likely N-dealkylation sites (tertiary alicyclic amines) is 1. The van der Waals surface area contributed by atoms with Gasteiger partial charge >= 0.3 is 0 Å². The van der Waals surface area contributed by atoms with Crippen LogP contribution in [0.3, 0.4) is 0 Å². The van der Waals surface area contributed by atoms with Gasteiger partial charge in [-0.2, -0.15) is 0 Å². The van der Waals surface area contributed by atoms with Crippen LogP contribution in [-0.4, -0.2) is 40.1 Å². The predicted octanol–water partition coefficient (Wildman–Crippen LogP) is 1.46. The van der Waals surface area contributed by atoms with E-state index in [2.05, 4.69) is 22.1 Å². The average molecular weight is 264 g/mol. The van der Waals surface area contributed by atoms with Crippen LogP contribution in [-0.2, 0) is 7.05 Å². The molecule has 0 saturated carbocycles. The summed E-state index contributed by atoms with van der Waals surface area (Å²) in [5.74, 6) is 0.455. The topological polar surface area (TPSA) is 50.2 Å². The van der Waals surface area contributed by atoms with Crippen molar-refractivity contribution in [1.29, 1.82) is 0 Å². The molecular formula is C14H24N4O. The molecule has 5 nitrogen and oxygen atoms in total. The van der Waals surface area contributed by atoms with Gasteiger partial charge in [0.2, 0.25) is 0 Å². The van der Waals surface area contributed by atoms with E-state index in [1.54, 1.807) is 24.0 Å². The molecule has 2 heterocycles. The third-order valence-electron chi connectivity index (χ3n) is 3.87. The van der Waals surface area contributed by atoms with Crippen molar-refractivity contribution in [1.82, 2.24) is 14.5 Å². The first-order valence-electron chi connectivity index (χ1n) is 7.18. The van der Waals surface area contributed by atoms with Gasteiger partial charge in [-0.05, 0) is 32.7 Å². The van der Waals surface area contributed by atoms with Crippen molar-refractivity contribution in [2.75, 3.05) is 25.0 Å². The number of aromatic nitrogens is 2. The molecule has 0 spiro atoms. The Labute approximate surface area is 114 Å². The van der Waals surface area contributed by atoms with E-state index in [0.29, 0.717) is 11.9 Å². The summed E-state index contributed by atoms with van der Waals surface area (Å²) >= 11 is 0. The summed E-state index contributed by atoms with van der Waals surface area (Å²) in [5, 5.41) is 3.14. The first-order valence-corrected chi connectivity index (χ1v) is 7.18. The Hall–Kier alpha value is -1.36. The fourth-order valence-corrected chi connectivity index (χ4v) is 2.60. The summed E-state index contributed by atoms with van der Waals surface area (Å²) in [4.78, 5) is 18.4. The van der Waals surface area contributed by atoms with Crippen molar-refractivity contribution in [3.8, 4) is 0 Å². The van der Waals surface area contributed by atoms with E-state index in [0.717, 1.165) is 19.5 Å². The second-order valence-corrected chi connectivity index (χ2v) is 5.35. The lowest BCUT2D eigenvalue weighted by atomic mass is 10.0. The van der Waals surface area contributed by atoms with Crippen molar-refractivity contribution < 1.29 is 0 Å². The Morgan fingerprint density at radius 2 is 2.32 bits per heavy atom. The molecule has 1 atom stereocenters. The van der Waals surface area contributed by atoms with Crippen LogP contribution >= 0.6 is 0 Å². The van der Waals surface area contributed by atoms with Crippen molar-refractivity contribution >= 4 is 5.82 Å². The van der Waals surface area contributed by atoms with Crippen LogP contribution in [0.4, 0.5) is 5.82 Å². The van der Waals surface area contributed by atoms with Gasteiger partial charge in [0.1, 0.15) is 0 Å². The first kappa shape index (κ1) is 14.1. The molecule has 1 unspecified atom stereocenters. The normalized spacial score (nSPS) is 20.4. The maximum absolute atomic E-state index is 11.7. The Morgan fingerprint density at radius 3 is 3.11 bits per heavy atom. The van der Waals surface area contributed by atoms with Gasteiger partial charge in [0.25, 0.3) is 5.56 Å². The summed E-state index contributed by atoms with van der Waals surface area (Å²) < 4.78 is 1.54. The van der Waals surface area contributed by atoms with E-state index in [9.17, 15) is 4.79 Å². The van der Waals surface area contributed by atoms with Gasteiger partial charge in [0.15, 0.2) is 5.82 Å². The number of nitrogens with zero attached hydrogens (tertiary/aromatic N) is 3. The highest BCUT2D eigenvalue weighted by Crippen LogP contribution is 2.16. The fourth-order valence-electron chi connectivity index (χ4n) is 2.60. The van der Waals surface area contributed by atoms with E-state index in [-0.39, 0.29) is 5.56 Å². The third-order valence-corrected chi connectivity index (χ3v) is 3.87. The molecule has 19 heavy (non-hydrogen) atoms. The molecule has 0 bridgehead atoms. The first-order chi connectivity index (χ1) is 9.18. The van der Waals surface area contributed by atoms with Gasteiger partial charge in [0, 0.05) is 38.6 Å². The van der Waals surface area contributed by atoms with Crippen LogP contribution in [0.5, 0.6) is 0 Å². The minimum absolute atomic E-state index is 0.0613. The van der Waals surface area contributed by atoms with Gasteiger partial charge in [0.05, 0.1) is 0 Å². The number of hydrogen-bond donors (Lipinski definition) is 1. The molecule has 2 rings (SSSR count). The average Bonchev–Trinajstić information content (AvgIpc) is 2.41. The van der Waals surface area contributed by atoms with E-state index in [1.165, 1.54) is 25.8 Å². The zero-order valence-electron chi connectivity index (χ0n) is 11.9. The summed E-state index contributed by atoms with van der Waals surface area (Å²) in [5.41, 5.74) is -0.0613. The molecule has 106 valence electrons. The zero-order chi connectivity index (χ0) is 13.7. The highest BCUT2D eigenvalue weighted by Gasteiger charge is 2.17. The maximum atomic E-state index is 11.7. The Morgan fingerprint density at radius 1 is 1.47 bits per heavy atom. The Bertz CT molecular complexity index is 457. The Kier molecular flexibility index (Phi) is 4.96. The molecule has 0 aromatic carbocycles. The van der Waals surface area contributed by atoms with Crippen molar-refractivity contribution in [2.24, 2.45) is 7.05 Å². The van der Waals surface area contributed by atoms with Gasteiger partial charge in [-0.1, -0.05) is 6.42 Å². The highest BCUT2D eigenvalue weighted by molar-refractivity contribution is 5.30. The fraction of sp³-hybridized carbons (Fsp3) is 0.714. The van der Waals surface area contributed by atoms with Gasteiger partial charge in [-0.25, -0.2) is 4.98 Å². The summed E-state index contributed by atoms with van der Waals surface area (Å²) in [7, 11) is 1.74. The molecular weight excluding hydrogens is 240 g/mol. The molecule has 0 amide bonds. The predicted molar refractivity (Wildman–Crippen MR) is 77.5 cm³/mol. The minimum Gasteiger partial charge on any atom is -0.365 e. The van der Waals surface area contributed by atoms with Crippen LogP contribution in [0, 0.1) is 0 Å². The van der Waals surface area contributed by atoms with Crippen LogP contribution in [0.15, 0.2) is 17.2 Å². The largest absolute Gasteiger partial charge is 0.365 e. The van der Waals surface area contributed by atoms with E-state index < -0.39 is 0 Å². The molecule has 1 aliphatic heterocycles. The molecule has 1 aromatic rings. The van der Waals surface area contributed by atoms with Crippen molar-refractivity contribution in [3.05, 3.63) is 22.7 Å².